The first-order chi connectivity index (χ1) is 18.8. The number of benzene rings is 1. The number of likely N-dealkylation sites (N-methyl/N-ethyl adjacent to an activating group) is 1. The Balaban J connectivity index is 1.64. The van der Waals surface area contributed by atoms with Gasteiger partial charge in [-0.2, -0.15) is 0 Å². The number of rotatable bonds is 6. The Bertz CT molecular complexity index is 1500. The lowest BCUT2D eigenvalue weighted by Crippen LogP contribution is -2.63. The second-order valence-electron chi connectivity index (χ2n) is 11.3. The van der Waals surface area contributed by atoms with Crippen molar-refractivity contribution in [1.29, 1.82) is 0 Å². The topological polar surface area (TPSA) is 187 Å². The number of fused-ring (bicyclic) bond motifs is 3. The molecule has 1 aromatic heterocycles. The fourth-order valence-electron chi connectivity index (χ4n) is 6.40. The van der Waals surface area contributed by atoms with Crippen molar-refractivity contribution in [3.05, 3.63) is 63.8 Å². The summed E-state index contributed by atoms with van der Waals surface area (Å²) in [7, 11) is 3.18. The van der Waals surface area contributed by atoms with Crippen LogP contribution in [0.2, 0.25) is 0 Å². The highest BCUT2D eigenvalue weighted by molar-refractivity contribution is 6.24. The molecular formula is C29H33N3O8. The van der Waals surface area contributed by atoms with Gasteiger partial charge in [-0.25, -0.2) is 0 Å². The summed E-state index contributed by atoms with van der Waals surface area (Å²) in [5, 5.41) is 48.0. The number of nitrogens with one attached hydrogen (secondary N) is 1. The minimum Gasteiger partial charge on any atom is -0.510 e. The van der Waals surface area contributed by atoms with E-state index in [9.17, 15) is 34.8 Å². The first-order valence-corrected chi connectivity index (χ1v) is 13.1. The van der Waals surface area contributed by atoms with E-state index < -0.39 is 58.0 Å². The smallest absolute Gasteiger partial charge is 0.255 e. The molecule has 1 heterocycles. The highest BCUT2D eigenvalue weighted by Gasteiger charge is 2.63. The van der Waals surface area contributed by atoms with Crippen molar-refractivity contribution in [2.24, 2.45) is 17.6 Å². The fraction of sp³-hybridized carbons (Fsp3) is 0.414. The summed E-state index contributed by atoms with van der Waals surface area (Å²) in [4.78, 5) is 40.9. The zero-order valence-corrected chi connectivity index (χ0v) is 22.7. The van der Waals surface area contributed by atoms with Crippen LogP contribution in [0.4, 0.5) is 0 Å². The summed E-state index contributed by atoms with van der Waals surface area (Å²) in [5.74, 6) is -5.64. The molecule has 0 radical (unpaired) electrons. The van der Waals surface area contributed by atoms with E-state index in [1.807, 2.05) is 19.9 Å². The third-order valence-electron chi connectivity index (χ3n) is 8.22. The van der Waals surface area contributed by atoms with Crippen molar-refractivity contribution in [3.8, 4) is 17.1 Å². The van der Waals surface area contributed by atoms with Crippen LogP contribution in [0.25, 0.3) is 11.3 Å². The van der Waals surface area contributed by atoms with Crippen LogP contribution >= 0.6 is 0 Å². The summed E-state index contributed by atoms with van der Waals surface area (Å²) in [6, 6.07) is 5.84. The average Bonchev–Trinajstić information content (AvgIpc) is 3.33. The molecule has 0 fully saturated rings. The number of furan rings is 1. The number of Topliss-reactive ketones (excluding diaryl/α,β-unsaturated/α-hetero) is 2. The Kier molecular flexibility index (Phi) is 6.64. The van der Waals surface area contributed by atoms with E-state index in [0.29, 0.717) is 29.2 Å². The summed E-state index contributed by atoms with van der Waals surface area (Å²) in [6.07, 6.45) is 0.196. The molecule has 0 spiro atoms. The Hall–Kier alpha value is -3.93. The van der Waals surface area contributed by atoms with Gasteiger partial charge in [-0.1, -0.05) is 13.8 Å². The molecule has 5 rings (SSSR count). The van der Waals surface area contributed by atoms with Gasteiger partial charge >= 0.3 is 0 Å². The van der Waals surface area contributed by atoms with Crippen LogP contribution in [0, 0.1) is 11.8 Å². The highest BCUT2D eigenvalue weighted by Crippen LogP contribution is 2.53. The summed E-state index contributed by atoms with van der Waals surface area (Å²) in [6.45, 7) is 4.54. The fourth-order valence-corrected chi connectivity index (χ4v) is 6.40. The number of aliphatic hydroxyl groups is 3. The molecule has 212 valence electrons. The maximum Gasteiger partial charge on any atom is 0.255 e. The van der Waals surface area contributed by atoms with Gasteiger partial charge in [0.1, 0.15) is 34.4 Å². The second kappa shape index (κ2) is 9.61. The van der Waals surface area contributed by atoms with Gasteiger partial charge in [0.25, 0.3) is 5.91 Å². The maximum atomic E-state index is 13.9. The van der Waals surface area contributed by atoms with E-state index in [2.05, 4.69) is 5.32 Å². The van der Waals surface area contributed by atoms with Gasteiger partial charge in [-0.3, -0.25) is 19.3 Å². The van der Waals surface area contributed by atoms with E-state index in [0.717, 1.165) is 0 Å². The molecule has 0 aliphatic heterocycles. The normalized spacial score (nSPS) is 26.3. The number of allylic oxidation sites excluding steroid dienone is 1. The molecule has 4 atom stereocenters. The van der Waals surface area contributed by atoms with Gasteiger partial charge in [-0.05, 0) is 62.7 Å². The minimum atomic E-state index is -2.67. The first kappa shape index (κ1) is 27.6. The monoisotopic (exact) mass is 551 g/mol. The number of carbonyl (C=O) groups excluding carboxylic acids is 3. The number of primary amides is 1. The van der Waals surface area contributed by atoms with Crippen molar-refractivity contribution < 1.29 is 39.2 Å². The summed E-state index contributed by atoms with van der Waals surface area (Å²) >= 11 is 0. The van der Waals surface area contributed by atoms with Crippen LogP contribution in [0.15, 0.2) is 51.3 Å². The molecule has 11 nitrogen and oxygen atoms in total. The average molecular weight is 552 g/mol. The summed E-state index contributed by atoms with van der Waals surface area (Å²) < 4.78 is 6.04. The predicted octanol–water partition coefficient (Wildman–Crippen LogP) is 1.88. The van der Waals surface area contributed by atoms with Crippen molar-refractivity contribution >= 4 is 17.5 Å². The van der Waals surface area contributed by atoms with Crippen molar-refractivity contribution in [3.63, 3.8) is 0 Å². The molecule has 3 aliphatic carbocycles. The van der Waals surface area contributed by atoms with Gasteiger partial charge in [0, 0.05) is 23.1 Å². The Labute approximate surface area is 230 Å². The molecule has 2 aromatic rings. The SMILES string of the molecule is CC(C)NCc1ccc(-c2ccc(O)c3c2C[C@H]2C[C@@H]4[C@@H](N(C)C)C(O)=C(C(N)=O)C(=O)[C@]4(O)C(O)=C2C3=O)o1. The lowest BCUT2D eigenvalue weighted by Gasteiger charge is -2.50. The molecular weight excluding hydrogens is 518 g/mol. The lowest BCUT2D eigenvalue weighted by molar-refractivity contribution is -0.148. The molecule has 1 amide bonds. The third-order valence-corrected chi connectivity index (χ3v) is 8.22. The van der Waals surface area contributed by atoms with Gasteiger partial charge in [0.15, 0.2) is 11.4 Å². The maximum absolute atomic E-state index is 13.9. The zero-order chi connectivity index (χ0) is 29.3. The van der Waals surface area contributed by atoms with E-state index in [1.54, 1.807) is 26.2 Å². The largest absolute Gasteiger partial charge is 0.510 e. The van der Waals surface area contributed by atoms with Crippen LogP contribution in [-0.4, -0.2) is 74.6 Å². The molecule has 1 aromatic carbocycles. The second-order valence-corrected chi connectivity index (χ2v) is 11.3. The molecule has 40 heavy (non-hydrogen) atoms. The van der Waals surface area contributed by atoms with E-state index in [4.69, 9.17) is 10.2 Å². The Morgan fingerprint density at radius 1 is 1.18 bits per heavy atom. The van der Waals surface area contributed by atoms with Crippen molar-refractivity contribution in [1.82, 2.24) is 10.2 Å². The minimum absolute atomic E-state index is 0.0164. The first-order valence-electron chi connectivity index (χ1n) is 13.1. The number of amides is 1. The number of hydrogen-bond acceptors (Lipinski definition) is 10. The van der Waals surface area contributed by atoms with Crippen LogP contribution in [0.1, 0.15) is 41.9 Å². The van der Waals surface area contributed by atoms with Gasteiger partial charge < -0.3 is 35.9 Å². The zero-order valence-electron chi connectivity index (χ0n) is 22.7. The van der Waals surface area contributed by atoms with Crippen LogP contribution in [0.3, 0.4) is 0 Å². The molecule has 0 saturated carbocycles. The number of ketones is 2. The molecule has 0 bridgehead atoms. The van der Waals surface area contributed by atoms with Gasteiger partial charge in [0.2, 0.25) is 5.78 Å². The summed E-state index contributed by atoms with van der Waals surface area (Å²) in [5.41, 5.74) is 2.71. The predicted molar refractivity (Wildman–Crippen MR) is 143 cm³/mol. The molecule has 0 unspecified atom stereocenters. The highest BCUT2D eigenvalue weighted by atomic mass is 16.4. The molecule has 3 aliphatic rings. The molecule has 0 saturated heterocycles. The number of phenolic OH excluding ortho intramolecular Hbond substituents is 1. The van der Waals surface area contributed by atoms with E-state index in [1.165, 1.54) is 11.0 Å². The van der Waals surface area contributed by atoms with Crippen LogP contribution < -0.4 is 11.1 Å². The van der Waals surface area contributed by atoms with Crippen molar-refractivity contribution in [2.75, 3.05) is 14.1 Å². The van der Waals surface area contributed by atoms with Crippen LogP contribution in [-0.2, 0) is 22.6 Å². The molecule has 11 heteroatoms. The number of carbonyl (C=O) groups is 3. The number of aromatic hydroxyl groups is 1. The molecule has 7 N–H and O–H groups in total. The van der Waals surface area contributed by atoms with Gasteiger partial charge in [0.05, 0.1) is 18.2 Å². The number of aliphatic hydroxyl groups excluding tert-OH is 2. The number of nitrogens with two attached hydrogens (primary N) is 1. The lowest BCUT2D eigenvalue weighted by atomic mass is 9.58. The Morgan fingerprint density at radius 3 is 2.50 bits per heavy atom. The third kappa shape index (κ3) is 3.95. The quantitative estimate of drug-likeness (QED) is 0.289. The number of nitrogens with zero attached hydrogens (tertiary/aromatic N) is 1. The van der Waals surface area contributed by atoms with E-state index >= 15 is 0 Å². The standard InChI is InChI=1S/C29H33N3O8/c1-12(2)31-11-14-5-8-19(40-14)15-6-7-18(33)21-16(15)9-13-10-17-23(32(3)4)25(35)22(28(30)38)27(37)29(17,39)26(36)20(13)24(21)34/h5-8,12-13,17,23,31,33,35-36,39H,9-11H2,1-4H3,(H2,30,38)/t13-,17+,23+,29+/m0/s1. The van der Waals surface area contributed by atoms with Crippen LogP contribution in [0.5, 0.6) is 5.75 Å². The number of hydrogen-bond donors (Lipinski definition) is 6. The Morgan fingerprint density at radius 2 is 1.88 bits per heavy atom. The van der Waals surface area contributed by atoms with E-state index in [-0.39, 0.29) is 35.8 Å². The van der Waals surface area contributed by atoms with Crippen molar-refractivity contribution in [2.45, 2.75) is 50.9 Å². The van der Waals surface area contributed by atoms with Gasteiger partial charge in [-0.15, -0.1) is 0 Å². The number of phenols is 1.